The van der Waals surface area contributed by atoms with Gasteiger partial charge in [0.15, 0.2) is 0 Å². The number of aryl methyl sites for hydroxylation is 1. The highest BCUT2D eigenvalue weighted by Crippen LogP contribution is 2.30. The summed E-state index contributed by atoms with van der Waals surface area (Å²) in [4.78, 5) is 23.2. The molecule has 0 spiro atoms. The summed E-state index contributed by atoms with van der Waals surface area (Å²) < 4.78 is 1.62. The number of carbonyl (C=O) groups excluding carboxylic acids is 1. The van der Waals surface area contributed by atoms with Gasteiger partial charge in [-0.25, -0.2) is 14.6 Å². The normalized spacial score (nSPS) is 20.1. The van der Waals surface area contributed by atoms with Crippen molar-refractivity contribution >= 4 is 17.2 Å². The van der Waals surface area contributed by atoms with E-state index >= 15 is 0 Å². The lowest BCUT2D eigenvalue weighted by Crippen LogP contribution is -2.42. The molecule has 0 N–H and O–H groups in total. The van der Waals surface area contributed by atoms with Crippen LogP contribution in [-0.2, 0) is 11.2 Å². The van der Waals surface area contributed by atoms with Crippen LogP contribution < -0.4 is 0 Å². The minimum Gasteiger partial charge on any atom is -0.340 e. The van der Waals surface area contributed by atoms with E-state index in [0.717, 1.165) is 38.0 Å². The maximum atomic E-state index is 12.7. The minimum absolute atomic E-state index is 0.113. The van der Waals surface area contributed by atoms with Crippen LogP contribution in [0.1, 0.15) is 49.4 Å². The third-order valence-corrected chi connectivity index (χ3v) is 5.26. The summed E-state index contributed by atoms with van der Waals surface area (Å²) in [5.74, 6) is 0.480. The number of hydrogen-bond donors (Lipinski definition) is 0. The van der Waals surface area contributed by atoms with Crippen LogP contribution in [0.4, 0.5) is 0 Å². The van der Waals surface area contributed by atoms with Crippen LogP contribution in [0, 0.1) is 0 Å². The fourth-order valence-corrected chi connectivity index (χ4v) is 3.88. The number of nitrogens with zero attached hydrogens (tertiary/aromatic N) is 5. The highest BCUT2D eigenvalue weighted by Gasteiger charge is 2.29. The second kappa shape index (κ2) is 6.56. The molecule has 1 aliphatic heterocycles. The van der Waals surface area contributed by atoms with E-state index in [4.69, 9.17) is 4.98 Å². The molecule has 0 aromatic carbocycles. The first-order chi connectivity index (χ1) is 10.7. The summed E-state index contributed by atoms with van der Waals surface area (Å²) >= 11 is 1.72. The number of amides is 1. The number of piperidine rings is 1. The van der Waals surface area contributed by atoms with Crippen molar-refractivity contribution in [3.8, 4) is 0 Å². The molecular weight excluding hydrogens is 298 g/mol. The zero-order chi connectivity index (χ0) is 15.5. The van der Waals surface area contributed by atoms with Gasteiger partial charge >= 0.3 is 0 Å². The highest BCUT2D eigenvalue weighted by molar-refractivity contribution is 7.09. The minimum atomic E-state index is -0.302. The molecule has 0 unspecified atom stereocenters. The average Bonchev–Trinajstić information content (AvgIpc) is 3.24. The van der Waals surface area contributed by atoms with Gasteiger partial charge in [-0.05, 0) is 26.2 Å². The number of rotatable bonds is 4. The van der Waals surface area contributed by atoms with Gasteiger partial charge in [0.1, 0.15) is 18.7 Å². The van der Waals surface area contributed by atoms with Gasteiger partial charge in [0.2, 0.25) is 5.91 Å². The summed E-state index contributed by atoms with van der Waals surface area (Å²) in [7, 11) is 0. The molecule has 3 rings (SSSR count). The van der Waals surface area contributed by atoms with Crippen LogP contribution in [0.5, 0.6) is 0 Å². The zero-order valence-corrected chi connectivity index (χ0v) is 13.8. The molecule has 3 heterocycles. The van der Waals surface area contributed by atoms with Crippen molar-refractivity contribution in [1.29, 1.82) is 0 Å². The molecule has 22 heavy (non-hydrogen) atoms. The maximum absolute atomic E-state index is 12.7. The molecule has 0 saturated carbocycles. The van der Waals surface area contributed by atoms with Gasteiger partial charge in [0, 0.05) is 24.4 Å². The molecule has 6 nitrogen and oxygen atoms in total. The summed E-state index contributed by atoms with van der Waals surface area (Å²) in [6.07, 6.45) is 6.16. The molecular formula is C15H21N5OS. The average molecular weight is 319 g/mol. The van der Waals surface area contributed by atoms with Crippen LogP contribution in [-0.4, -0.2) is 43.6 Å². The van der Waals surface area contributed by atoms with Crippen molar-refractivity contribution in [3.63, 3.8) is 0 Å². The van der Waals surface area contributed by atoms with Gasteiger partial charge in [0.25, 0.3) is 0 Å². The molecule has 0 aliphatic carbocycles. The van der Waals surface area contributed by atoms with Crippen LogP contribution >= 0.6 is 11.3 Å². The number of aromatic nitrogens is 4. The maximum Gasteiger partial charge on any atom is 0.247 e. The molecule has 2 aromatic rings. The van der Waals surface area contributed by atoms with E-state index < -0.39 is 0 Å². The monoisotopic (exact) mass is 319 g/mol. The second-order valence-corrected chi connectivity index (χ2v) is 6.60. The van der Waals surface area contributed by atoms with E-state index in [1.54, 1.807) is 22.3 Å². The van der Waals surface area contributed by atoms with E-state index in [2.05, 4.69) is 22.4 Å². The van der Waals surface area contributed by atoms with Gasteiger partial charge in [0.05, 0.1) is 10.7 Å². The smallest absolute Gasteiger partial charge is 0.247 e. The Morgan fingerprint density at radius 2 is 2.41 bits per heavy atom. The van der Waals surface area contributed by atoms with Gasteiger partial charge in [-0.1, -0.05) is 6.92 Å². The van der Waals surface area contributed by atoms with Crippen molar-refractivity contribution in [3.05, 3.63) is 28.7 Å². The molecule has 0 bridgehead atoms. The molecule has 7 heteroatoms. The van der Waals surface area contributed by atoms with Crippen LogP contribution in [0.15, 0.2) is 18.0 Å². The standard InChI is InChI=1S/C15H21N5OS/c1-3-13-8-22-14(18-13)12-5-4-6-19(7-12)15(21)11(2)20-10-16-9-17-20/h8-12H,3-7H2,1-2H3/t11-,12+/m1/s1. The fraction of sp³-hybridized carbons (Fsp3) is 0.600. The lowest BCUT2D eigenvalue weighted by Gasteiger charge is -2.33. The number of likely N-dealkylation sites (tertiary alicyclic amines) is 1. The van der Waals surface area contributed by atoms with E-state index in [-0.39, 0.29) is 11.9 Å². The summed E-state index contributed by atoms with van der Waals surface area (Å²) in [5.41, 5.74) is 1.15. The first-order valence-corrected chi connectivity index (χ1v) is 8.64. The van der Waals surface area contributed by atoms with Crippen molar-refractivity contribution in [2.24, 2.45) is 0 Å². The van der Waals surface area contributed by atoms with E-state index in [1.165, 1.54) is 11.3 Å². The summed E-state index contributed by atoms with van der Waals surface area (Å²) in [6.45, 7) is 5.57. The number of hydrogen-bond acceptors (Lipinski definition) is 5. The fourth-order valence-electron chi connectivity index (χ4n) is 2.85. The molecule has 2 aromatic heterocycles. The van der Waals surface area contributed by atoms with Gasteiger partial charge in [-0.2, -0.15) is 5.10 Å². The second-order valence-electron chi connectivity index (χ2n) is 5.71. The molecule has 118 valence electrons. The summed E-state index contributed by atoms with van der Waals surface area (Å²) in [6, 6.07) is -0.302. The Labute approximate surface area is 134 Å². The molecule has 0 radical (unpaired) electrons. The van der Waals surface area contributed by atoms with Gasteiger partial charge in [-0.3, -0.25) is 4.79 Å². The summed E-state index contributed by atoms with van der Waals surface area (Å²) in [5, 5.41) is 7.37. The first-order valence-electron chi connectivity index (χ1n) is 7.76. The first kappa shape index (κ1) is 15.1. The molecule has 1 amide bonds. The molecule has 1 fully saturated rings. The predicted octanol–water partition coefficient (Wildman–Crippen LogP) is 2.26. The van der Waals surface area contributed by atoms with Crippen molar-refractivity contribution in [2.75, 3.05) is 13.1 Å². The topological polar surface area (TPSA) is 63.9 Å². The largest absolute Gasteiger partial charge is 0.340 e. The van der Waals surface area contributed by atoms with Crippen molar-refractivity contribution in [1.82, 2.24) is 24.6 Å². The Hall–Kier alpha value is -1.76. The van der Waals surface area contributed by atoms with Crippen LogP contribution in [0.3, 0.4) is 0 Å². The van der Waals surface area contributed by atoms with E-state index in [1.807, 2.05) is 11.8 Å². The zero-order valence-electron chi connectivity index (χ0n) is 13.0. The Balaban J connectivity index is 1.68. The van der Waals surface area contributed by atoms with E-state index in [9.17, 15) is 4.79 Å². The Morgan fingerprint density at radius 1 is 1.55 bits per heavy atom. The number of carbonyl (C=O) groups is 1. The quantitative estimate of drug-likeness (QED) is 0.867. The third kappa shape index (κ3) is 3.04. The molecule has 1 saturated heterocycles. The van der Waals surface area contributed by atoms with Gasteiger partial charge in [-0.15, -0.1) is 11.3 Å². The molecule has 1 aliphatic rings. The van der Waals surface area contributed by atoms with Crippen LogP contribution in [0.2, 0.25) is 0 Å². The molecule has 2 atom stereocenters. The van der Waals surface area contributed by atoms with E-state index in [0.29, 0.717) is 5.92 Å². The van der Waals surface area contributed by atoms with Crippen molar-refractivity contribution < 1.29 is 4.79 Å². The predicted molar refractivity (Wildman–Crippen MR) is 84.8 cm³/mol. The Kier molecular flexibility index (Phi) is 4.52. The number of thiazole rings is 1. The van der Waals surface area contributed by atoms with Gasteiger partial charge < -0.3 is 4.90 Å². The lowest BCUT2D eigenvalue weighted by molar-refractivity contribution is -0.135. The Bertz CT molecular complexity index is 624. The SMILES string of the molecule is CCc1csc([C@H]2CCCN(C(=O)[C@@H](C)n3cncn3)C2)n1. The third-order valence-electron chi connectivity index (χ3n) is 4.20. The lowest BCUT2D eigenvalue weighted by atomic mass is 9.98. The van der Waals surface area contributed by atoms with Crippen molar-refractivity contribution in [2.45, 2.75) is 45.1 Å². The van der Waals surface area contributed by atoms with Crippen LogP contribution in [0.25, 0.3) is 0 Å². The highest BCUT2D eigenvalue weighted by atomic mass is 32.1. The Morgan fingerprint density at radius 3 is 3.09 bits per heavy atom.